The van der Waals surface area contributed by atoms with Gasteiger partial charge in [0.25, 0.3) is 5.56 Å². The number of fused-ring (bicyclic) bond motifs is 1. The highest BCUT2D eigenvalue weighted by Crippen LogP contribution is 2.36. The van der Waals surface area contributed by atoms with Gasteiger partial charge in [0.05, 0.1) is 11.6 Å². The molecule has 2 aromatic rings. The van der Waals surface area contributed by atoms with Crippen LogP contribution >= 0.6 is 0 Å². The van der Waals surface area contributed by atoms with E-state index in [1.807, 2.05) is 22.9 Å². The van der Waals surface area contributed by atoms with Crippen molar-refractivity contribution in [3.63, 3.8) is 0 Å². The van der Waals surface area contributed by atoms with Crippen LogP contribution in [0.4, 0.5) is 5.82 Å². The molecule has 0 saturated heterocycles. The maximum Gasteiger partial charge on any atom is 0.269 e. The molecule has 0 bridgehead atoms. The van der Waals surface area contributed by atoms with E-state index in [-0.39, 0.29) is 17.4 Å². The quantitative estimate of drug-likeness (QED) is 0.909. The molecule has 5 heteroatoms. The largest absolute Gasteiger partial charge is 0.311 e. The second-order valence-electron chi connectivity index (χ2n) is 7.00. The molecule has 1 atom stereocenters. The fourth-order valence-electron chi connectivity index (χ4n) is 4.16. The zero-order valence-electron chi connectivity index (χ0n) is 13.8. The first-order chi connectivity index (χ1) is 11.7. The second-order valence-corrected chi connectivity index (χ2v) is 7.00. The van der Waals surface area contributed by atoms with E-state index in [0.29, 0.717) is 18.3 Å². The Balaban J connectivity index is 1.70. The molecule has 0 spiro atoms. The number of carbonyl (C=O) groups excluding carboxylic acids is 1. The monoisotopic (exact) mass is 325 g/mol. The average molecular weight is 325 g/mol. The number of hydrogen-bond acceptors (Lipinski definition) is 2. The topological polar surface area (TPSA) is 66.9 Å². The van der Waals surface area contributed by atoms with E-state index in [2.05, 4.69) is 22.5 Å². The van der Waals surface area contributed by atoms with Gasteiger partial charge in [-0.25, -0.2) is 0 Å². The molecule has 1 fully saturated rings. The summed E-state index contributed by atoms with van der Waals surface area (Å²) >= 11 is 0. The number of H-pyrrole nitrogens is 1. The lowest BCUT2D eigenvalue weighted by Gasteiger charge is -2.28. The summed E-state index contributed by atoms with van der Waals surface area (Å²) in [6.07, 6.45) is 6.85. The molecule has 2 aliphatic rings. The van der Waals surface area contributed by atoms with E-state index in [4.69, 9.17) is 0 Å². The number of amides is 1. The molecule has 126 valence electrons. The van der Waals surface area contributed by atoms with Gasteiger partial charge in [-0.15, -0.1) is 0 Å². The van der Waals surface area contributed by atoms with Crippen LogP contribution in [0.1, 0.15) is 61.6 Å². The van der Waals surface area contributed by atoms with Gasteiger partial charge in [-0.2, -0.15) is 0 Å². The van der Waals surface area contributed by atoms with Crippen molar-refractivity contribution in [2.45, 2.75) is 56.9 Å². The molecule has 1 amide bonds. The standard InChI is InChI=1S/C19H23N3O2/c23-16-12-14(11-13-7-3-1-4-8-13)17-18(20-16)22(21-19(17)24)15-9-5-2-6-10-15/h1,3-4,7-8,14-15H,2,5-6,9-12H2,(H,20,23)(H,21,24)/t14-/m0/s1. The first-order valence-electron chi connectivity index (χ1n) is 8.90. The minimum absolute atomic E-state index is 0.00647. The Kier molecular flexibility index (Phi) is 4.00. The lowest BCUT2D eigenvalue weighted by atomic mass is 9.87. The number of rotatable bonds is 3. The molecule has 4 rings (SSSR count). The Morgan fingerprint density at radius 1 is 1.04 bits per heavy atom. The molecule has 24 heavy (non-hydrogen) atoms. The zero-order valence-corrected chi connectivity index (χ0v) is 13.8. The van der Waals surface area contributed by atoms with Crippen molar-refractivity contribution in [1.29, 1.82) is 0 Å². The van der Waals surface area contributed by atoms with Gasteiger partial charge < -0.3 is 5.32 Å². The minimum Gasteiger partial charge on any atom is -0.311 e. The van der Waals surface area contributed by atoms with Gasteiger partial charge in [-0.3, -0.25) is 19.4 Å². The predicted octanol–water partition coefficient (Wildman–Crippen LogP) is 3.35. The summed E-state index contributed by atoms with van der Waals surface area (Å²) in [6.45, 7) is 0. The van der Waals surface area contributed by atoms with E-state index >= 15 is 0 Å². The van der Waals surface area contributed by atoms with Crippen molar-refractivity contribution in [1.82, 2.24) is 9.78 Å². The molecule has 1 saturated carbocycles. The first kappa shape index (κ1) is 15.2. The third-order valence-corrected chi connectivity index (χ3v) is 5.33. The van der Waals surface area contributed by atoms with Crippen LogP contribution in [-0.4, -0.2) is 15.7 Å². The maximum atomic E-state index is 12.6. The minimum atomic E-state index is -0.0512. The molecule has 0 unspecified atom stereocenters. The fourth-order valence-corrected chi connectivity index (χ4v) is 4.16. The van der Waals surface area contributed by atoms with Crippen LogP contribution < -0.4 is 10.9 Å². The number of aromatic nitrogens is 2. The smallest absolute Gasteiger partial charge is 0.269 e. The molecule has 1 aliphatic carbocycles. The van der Waals surface area contributed by atoms with E-state index in [1.165, 1.54) is 19.3 Å². The number of nitrogens with zero attached hydrogens (tertiary/aromatic N) is 1. The number of hydrogen-bond donors (Lipinski definition) is 2. The number of carbonyl (C=O) groups is 1. The van der Waals surface area contributed by atoms with Crippen molar-refractivity contribution in [2.75, 3.05) is 5.32 Å². The lowest BCUT2D eigenvalue weighted by Crippen LogP contribution is -2.28. The van der Waals surface area contributed by atoms with Crippen molar-refractivity contribution < 1.29 is 4.79 Å². The molecular formula is C19H23N3O2. The van der Waals surface area contributed by atoms with Gasteiger partial charge in [0.15, 0.2) is 0 Å². The summed E-state index contributed by atoms with van der Waals surface area (Å²) < 4.78 is 1.94. The van der Waals surface area contributed by atoms with Crippen molar-refractivity contribution >= 4 is 11.7 Å². The SMILES string of the molecule is O=C1C[C@H](Cc2ccccc2)c2c(n(C3CCCCC3)[nH]c2=O)N1. The summed E-state index contributed by atoms with van der Waals surface area (Å²) in [5.74, 6) is 0.667. The van der Waals surface area contributed by atoms with Crippen molar-refractivity contribution in [3.8, 4) is 0 Å². The predicted molar refractivity (Wildman–Crippen MR) is 93.3 cm³/mol. The van der Waals surface area contributed by atoms with E-state index in [9.17, 15) is 9.59 Å². The van der Waals surface area contributed by atoms with Gasteiger partial charge in [0.1, 0.15) is 5.82 Å². The molecule has 5 nitrogen and oxygen atoms in total. The Morgan fingerprint density at radius 2 is 1.79 bits per heavy atom. The van der Waals surface area contributed by atoms with Gasteiger partial charge in [-0.05, 0) is 24.8 Å². The van der Waals surface area contributed by atoms with Crippen molar-refractivity contribution in [3.05, 3.63) is 51.8 Å². The van der Waals surface area contributed by atoms with Crippen LogP contribution in [-0.2, 0) is 11.2 Å². The Labute approximate surface area is 141 Å². The Morgan fingerprint density at radius 3 is 2.54 bits per heavy atom. The first-order valence-corrected chi connectivity index (χ1v) is 8.90. The number of nitrogens with one attached hydrogen (secondary N) is 2. The molecule has 2 N–H and O–H groups in total. The molecule has 2 heterocycles. The van der Waals surface area contributed by atoms with Gasteiger partial charge in [-0.1, -0.05) is 49.6 Å². The summed E-state index contributed by atoms with van der Waals surface area (Å²) in [5.41, 5.74) is 1.87. The number of anilines is 1. The van der Waals surface area contributed by atoms with Crippen LogP contribution in [0.3, 0.4) is 0 Å². The molecule has 1 aromatic heterocycles. The molecule has 1 aliphatic heterocycles. The highest BCUT2D eigenvalue weighted by molar-refractivity contribution is 5.93. The third kappa shape index (κ3) is 2.79. The normalized spacial score (nSPS) is 21.3. The van der Waals surface area contributed by atoms with Gasteiger partial charge >= 0.3 is 0 Å². The van der Waals surface area contributed by atoms with E-state index in [1.54, 1.807) is 0 Å². The number of benzene rings is 1. The van der Waals surface area contributed by atoms with E-state index < -0.39 is 0 Å². The highest BCUT2D eigenvalue weighted by atomic mass is 16.2. The maximum absolute atomic E-state index is 12.6. The average Bonchev–Trinajstić information content (AvgIpc) is 2.93. The summed E-state index contributed by atoms with van der Waals surface area (Å²) in [5, 5.41) is 5.96. The Bertz CT molecular complexity index is 785. The third-order valence-electron chi connectivity index (χ3n) is 5.33. The second kappa shape index (κ2) is 6.30. The van der Waals surface area contributed by atoms with E-state index in [0.717, 1.165) is 30.4 Å². The van der Waals surface area contributed by atoms with Crippen LogP contribution in [0.15, 0.2) is 35.1 Å². The molecule has 0 radical (unpaired) electrons. The summed E-state index contributed by atoms with van der Waals surface area (Å²) in [6, 6.07) is 10.4. The van der Waals surface area contributed by atoms with Crippen LogP contribution in [0.25, 0.3) is 0 Å². The Hall–Kier alpha value is -2.30. The van der Waals surface area contributed by atoms with Crippen LogP contribution in [0.5, 0.6) is 0 Å². The number of aromatic amines is 1. The summed E-state index contributed by atoms with van der Waals surface area (Å²) in [7, 11) is 0. The zero-order chi connectivity index (χ0) is 16.5. The fraction of sp³-hybridized carbons (Fsp3) is 0.474. The van der Waals surface area contributed by atoms with Crippen LogP contribution in [0, 0.1) is 0 Å². The van der Waals surface area contributed by atoms with Crippen molar-refractivity contribution in [2.24, 2.45) is 0 Å². The molecular weight excluding hydrogens is 302 g/mol. The highest BCUT2D eigenvalue weighted by Gasteiger charge is 2.33. The van der Waals surface area contributed by atoms with Crippen LogP contribution in [0.2, 0.25) is 0 Å². The lowest BCUT2D eigenvalue weighted by molar-refractivity contribution is -0.116. The van der Waals surface area contributed by atoms with Gasteiger partial charge in [0, 0.05) is 12.3 Å². The summed E-state index contributed by atoms with van der Waals surface area (Å²) in [4.78, 5) is 24.8. The molecule has 1 aromatic carbocycles. The van der Waals surface area contributed by atoms with Gasteiger partial charge in [0.2, 0.25) is 5.91 Å².